The molecular weight excluding hydrogens is 398 g/mol. The van der Waals surface area contributed by atoms with E-state index in [1.54, 1.807) is 0 Å². The number of hydrogen-bond donors (Lipinski definition) is 2. The van der Waals surface area contributed by atoms with Gasteiger partial charge < -0.3 is 15.0 Å². The molecule has 2 N–H and O–H groups in total. The highest BCUT2D eigenvalue weighted by molar-refractivity contribution is 5.98. The zero-order valence-electron chi connectivity index (χ0n) is 18.8. The summed E-state index contributed by atoms with van der Waals surface area (Å²) in [6, 6.07) is 12.0. The number of aliphatic hydroxyl groups is 1. The van der Waals surface area contributed by atoms with Crippen molar-refractivity contribution in [2.75, 3.05) is 18.0 Å². The van der Waals surface area contributed by atoms with Gasteiger partial charge in [0.25, 0.3) is 0 Å². The number of benzene rings is 1. The number of aliphatic hydroxyl groups excluding tert-OH is 1. The molecule has 1 aromatic carbocycles. The number of ketones is 1. The number of anilines is 1. The van der Waals surface area contributed by atoms with Crippen molar-refractivity contribution in [2.45, 2.75) is 39.2 Å². The van der Waals surface area contributed by atoms with Crippen molar-refractivity contribution in [1.82, 2.24) is 9.97 Å². The first-order valence-electron chi connectivity index (χ1n) is 11.5. The van der Waals surface area contributed by atoms with E-state index in [-0.39, 0.29) is 23.0 Å². The maximum atomic E-state index is 13.6. The average Bonchev–Trinajstić information content (AvgIpc) is 3.39. The Labute approximate surface area is 189 Å². The minimum atomic E-state index is -0.721. The van der Waals surface area contributed by atoms with Crippen molar-refractivity contribution in [3.05, 3.63) is 72.1 Å². The van der Waals surface area contributed by atoms with Crippen LogP contribution in [0.25, 0.3) is 11.0 Å². The molecule has 1 aliphatic carbocycles. The fourth-order valence-corrected chi connectivity index (χ4v) is 5.36. The topological polar surface area (TPSA) is 69.2 Å². The second-order valence-corrected chi connectivity index (χ2v) is 9.73. The van der Waals surface area contributed by atoms with Crippen molar-refractivity contribution < 1.29 is 9.90 Å². The number of H-pyrrole nitrogens is 1. The number of Topliss-reactive ketones (excluding diaryl/α,β-unsaturated/α-hetero) is 1. The number of aromatic amines is 1. The number of carbonyl (C=O) groups excluding carboxylic acids is 1. The van der Waals surface area contributed by atoms with Gasteiger partial charge in [0.2, 0.25) is 0 Å². The van der Waals surface area contributed by atoms with Crippen LogP contribution < -0.4 is 4.90 Å². The number of piperidine rings is 1. The van der Waals surface area contributed by atoms with E-state index in [1.165, 1.54) is 5.69 Å². The number of hydrogen-bond acceptors (Lipinski definition) is 4. The van der Waals surface area contributed by atoms with Gasteiger partial charge in [0.05, 0.1) is 6.10 Å². The first-order valence-corrected chi connectivity index (χ1v) is 11.5. The molecule has 2 fully saturated rings. The van der Waals surface area contributed by atoms with Crippen LogP contribution >= 0.6 is 0 Å². The third kappa shape index (κ3) is 3.55. The Hall–Kier alpha value is -2.92. The lowest BCUT2D eigenvalue weighted by Crippen LogP contribution is -2.45. The van der Waals surface area contributed by atoms with Crippen LogP contribution in [0.4, 0.5) is 5.69 Å². The van der Waals surface area contributed by atoms with E-state index in [4.69, 9.17) is 0 Å². The highest BCUT2D eigenvalue weighted by Crippen LogP contribution is 2.57. The predicted molar refractivity (Wildman–Crippen MR) is 128 cm³/mol. The smallest absolute Gasteiger partial charge is 0.162 e. The van der Waals surface area contributed by atoms with E-state index in [2.05, 4.69) is 33.6 Å². The van der Waals surface area contributed by atoms with E-state index in [0.717, 1.165) is 54.5 Å². The number of fused-ring (bicyclic) bond motifs is 1. The molecule has 0 radical (unpaired) electrons. The van der Waals surface area contributed by atoms with Crippen molar-refractivity contribution in [2.24, 2.45) is 17.3 Å². The first-order chi connectivity index (χ1) is 15.4. The zero-order valence-corrected chi connectivity index (χ0v) is 18.8. The summed E-state index contributed by atoms with van der Waals surface area (Å²) >= 11 is 0. The Kier molecular flexibility index (Phi) is 5.17. The molecule has 5 rings (SSSR count). The van der Waals surface area contributed by atoms with Gasteiger partial charge in [0.15, 0.2) is 5.78 Å². The highest BCUT2D eigenvalue weighted by Gasteiger charge is 2.55. The van der Waals surface area contributed by atoms with Crippen LogP contribution in [-0.4, -0.2) is 33.9 Å². The highest BCUT2D eigenvalue weighted by atomic mass is 16.3. The van der Waals surface area contributed by atoms with E-state index in [0.29, 0.717) is 5.57 Å². The summed E-state index contributed by atoms with van der Waals surface area (Å²) in [7, 11) is 0. The van der Waals surface area contributed by atoms with E-state index in [9.17, 15) is 9.90 Å². The normalized spacial score (nSPS) is 21.5. The third-order valence-corrected chi connectivity index (χ3v) is 7.68. The van der Waals surface area contributed by atoms with Gasteiger partial charge in [-0.3, -0.25) is 4.79 Å². The molecule has 1 spiro atoms. The predicted octanol–water partition coefficient (Wildman–Crippen LogP) is 4.97. The van der Waals surface area contributed by atoms with Gasteiger partial charge in [0, 0.05) is 48.4 Å². The molecule has 1 aliphatic heterocycles. The van der Waals surface area contributed by atoms with E-state index >= 15 is 0 Å². The van der Waals surface area contributed by atoms with Crippen LogP contribution in [0.5, 0.6) is 0 Å². The van der Waals surface area contributed by atoms with Crippen molar-refractivity contribution in [3.63, 3.8) is 0 Å². The van der Waals surface area contributed by atoms with Crippen LogP contribution in [0.3, 0.4) is 0 Å². The van der Waals surface area contributed by atoms with Crippen molar-refractivity contribution in [1.29, 1.82) is 0 Å². The summed E-state index contributed by atoms with van der Waals surface area (Å²) in [5.41, 5.74) is 4.66. The van der Waals surface area contributed by atoms with E-state index < -0.39 is 6.10 Å². The molecule has 2 aliphatic rings. The molecule has 1 saturated heterocycles. The number of rotatable bonds is 6. The summed E-state index contributed by atoms with van der Waals surface area (Å²) in [6.07, 6.45) is 6.02. The standard InChI is InChI=1S/C27H31N3O2/c1-17-4-6-20(7-5-17)24(31)18(2)19(3)25(32)22-10-15-30(16-27(22)11-12-27)23-9-14-29-26-21(23)8-13-28-26/h4-9,13-14,18,22,24,31H,3,10-12,15-16H2,1-2H3,(H,28,29)/t18-,22-,24-/m1/s1. The zero-order chi connectivity index (χ0) is 22.5. The molecular formula is C27H31N3O2. The average molecular weight is 430 g/mol. The maximum Gasteiger partial charge on any atom is 0.162 e. The van der Waals surface area contributed by atoms with Gasteiger partial charge >= 0.3 is 0 Å². The van der Waals surface area contributed by atoms with Gasteiger partial charge in [-0.05, 0) is 54.9 Å². The summed E-state index contributed by atoms with van der Waals surface area (Å²) in [4.78, 5) is 23.6. The molecule has 3 aromatic rings. The SMILES string of the molecule is C=C(C(=O)[C@H]1CCN(c2ccnc3[nH]ccc23)CC12CC2)[C@@H](C)[C@@H](O)c1ccc(C)cc1. The van der Waals surface area contributed by atoms with Crippen LogP contribution in [0.1, 0.15) is 43.4 Å². The Morgan fingerprint density at radius 3 is 2.72 bits per heavy atom. The fourth-order valence-electron chi connectivity index (χ4n) is 5.36. The Bertz CT molecular complexity index is 1160. The largest absolute Gasteiger partial charge is 0.388 e. The number of aromatic nitrogens is 2. The number of aryl methyl sites for hydroxylation is 1. The molecule has 3 atom stereocenters. The van der Waals surface area contributed by atoms with E-state index in [1.807, 2.05) is 50.5 Å². The van der Waals surface area contributed by atoms with Gasteiger partial charge in [-0.2, -0.15) is 0 Å². The Morgan fingerprint density at radius 2 is 2.00 bits per heavy atom. The molecule has 1 saturated carbocycles. The molecule has 2 aromatic heterocycles. The Balaban J connectivity index is 1.31. The van der Waals surface area contributed by atoms with Crippen LogP contribution in [0.15, 0.2) is 60.9 Å². The first kappa shape index (κ1) is 21.0. The fraction of sp³-hybridized carbons (Fsp3) is 0.407. The van der Waals surface area contributed by atoms with Gasteiger partial charge in [0.1, 0.15) is 5.65 Å². The quantitative estimate of drug-likeness (QED) is 0.543. The second kappa shape index (κ2) is 7.89. The minimum absolute atomic E-state index is 0.0116. The lowest BCUT2D eigenvalue weighted by atomic mass is 9.74. The number of carbonyl (C=O) groups is 1. The van der Waals surface area contributed by atoms with Crippen molar-refractivity contribution >= 4 is 22.5 Å². The molecule has 166 valence electrons. The summed E-state index contributed by atoms with van der Waals surface area (Å²) in [5, 5.41) is 12.0. The summed E-state index contributed by atoms with van der Waals surface area (Å²) in [5.74, 6) is -0.177. The molecule has 32 heavy (non-hydrogen) atoms. The van der Waals surface area contributed by atoms with Crippen molar-refractivity contribution in [3.8, 4) is 0 Å². The second-order valence-electron chi connectivity index (χ2n) is 9.73. The number of nitrogens with one attached hydrogen (secondary N) is 1. The minimum Gasteiger partial charge on any atom is -0.388 e. The maximum absolute atomic E-state index is 13.6. The van der Waals surface area contributed by atoms with Crippen LogP contribution in [0, 0.1) is 24.2 Å². The van der Waals surface area contributed by atoms with Gasteiger partial charge in [-0.25, -0.2) is 4.98 Å². The lowest BCUT2D eigenvalue weighted by molar-refractivity contribution is -0.122. The van der Waals surface area contributed by atoms with Crippen LogP contribution in [0.2, 0.25) is 0 Å². The number of pyridine rings is 1. The molecule has 5 nitrogen and oxygen atoms in total. The van der Waals surface area contributed by atoms with Crippen LogP contribution in [-0.2, 0) is 4.79 Å². The Morgan fingerprint density at radius 1 is 1.25 bits per heavy atom. The molecule has 5 heteroatoms. The molecule has 3 heterocycles. The summed E-state index contributed by atoms with van der Waals surface area (Å²) in [6.45, 7) is 9.83. The summed E-state index contributed by atoms with van der Waals surface area (Å²) < 4.78 is 0. The molecule has 0 bridgehead atoms. The molecule has 0 unspecified atom stereocenters. The molecule has 0 amide bonds. The third-order valence-electron chi connectivity index (χ3n) is 7.68. The van der Waals surface area contributed by atoms with Gasteiger partial charge in [-0.1, -0.05) is 43.3 Å². The lowest BCUT2D eigenvalue weighted by Gasteiger charge is -2.40. The monoisotopic (exact) mass is 429 g/mol. The number of nitrogens with zero attached hydrogens (tertiary/aromatic N) is 2. The van der Waals surface area contributed by atoms with Gasteiger partial charge in [-0.15, -0.1) is 0 Å².